The van der Waals surface area contributed by atoms with Crippen LogP contribution in [0.5, 0.6) is 0 Å². The van der Waals surface area contributed by atoms with Crippen LogP contribution in [0.4, 0.5) is 5.69 Å². The molecule has 0 saturated heterocycles. The van der Waals surface area contributed by atoms with Gasteiger partial charge >= 0.3 is 0 Å². The Morgan fingerprint density at radius 2 is 1.94 bits per heavy atom. The Hall–Kier alpha value is -0.230. The zero-order valence-corrected chi connectivity index (χ0v) is 13.9. The van der Waals surface area contributed by atoms with Crippen molar-refractivity contribution in [3.8, 4) is 0 Å². The summed E-state index contributed by atoms with van der Waals surface area (Å²) < 4.78 is 15.8. The van der Waals surface area contributed by atoms with E-state index in [4.69, 9.17) is 5.73 Å². The molecule has 0 heterocycles. The number of benzene rings is 1. The minimum atomic E-state index is -1.11. The molecule has 3 N–H and O–H groups in total. The maximum absolute atomic E-state index is 12.1. The molecule has 2 unspecified atom stereocenters. The van der Waals surface area contributed by atoms with E-state index in [9.17, 15) is 4.55 Å². The summed E-state index contributed by atoms with van der Waals surface area (Å²) in [5, 5.41) is 0. The number of nitrogens with one attached hydrogen (secondary N) is 1. The lowest BCUT2D eigenvalue weighted by molar-refractivity contribution is 0.531. The van der Waals surface area contributed by atoms with Crippen LogP contribution in [-0.2, 0) is 11.4 Å². The van der Waals surface area contributed by atoms with Crippen molar-refractivity contribution in [2.75, 3.05) is 5.73 Å². The quantitative estimate of drug-likeness (QED) is 0.658. The zero-order valence-electron chi connectivity index (χ0n) is 11.5. The summed E-state index contributed by atoms with van der Waals surface area (Å²) >= 11 is 2.33. The Balaban J connectivity index is 2.95. The molecule has 18 heavy (non-hydrogen) atoms. The van der Waals surface area contributed by atoms with E-state index in [1.807, 2.05) is 46.8 Å². The molecule has 2 atom stereocenters. The van der Waals surface area contributed by atoms with E-state index in [0.29, 0.717) is 5.69 Å². The molecule has 0 amide bonds. The molecule has 0 aromatic heterocycles. The number of hydrogen-bond acceptors (Lipinski definition) is 3. The number of halogens is 1. The monoisotopic (exact) mass is 332 g/mol. The van der Waals surface area contributed by atoms with Gasteiger partial charge in [0, 0.05) is 15.8 Å². The molecule has 0 bridgehead atoms. The van der Waals surface area contributed by atoms with Gasteiger partial charge in [-0.05, 0) is 67.7 Å². The molecule has 102 valence electrons. The van der Waals surface area contributed by atoms with E-state index < -0.39 is 11.4 Å². The third kappa shape index (κ3) is 3.88. The molecule has 0 aliphatic rings. The predicted molar refractivity (Wildman–Crippen MR) is 82.7 cm³/mol. The average Bonchev–Trinajstić information content (AvgIpc) is 2.21. The first-order chi connectivity index (χ1) is 8.12. The summed E-state index contributed by atoms with van der Waals surface area (Å²) in [4.78, 5) is 0. The molecular formula is C13H21BrN2OS. The molecule has 0 aliphatic carbocycles. The van der Waals surface area contributed by atoms with E-state index in [2.05, 4.69) is 20.7 Å². The second-order valence-electron chi connectivity index (χ2n) is 5.47. The fraction of sp³-hybridized carbons (Fsp3) is 0.538. The zero-order chi connectivity index (χ0) is 14.1. The van der Waals surface area contributed by atoms with Crippen LogP contribution in [0.25, 0.3) is 0 Å². The van der Waals surface area contributed by atoms with E-state index in [0.717, 1.165) is 15.6 Å². The van der Waals surface area contributed by atoms with Crippen molar-refractivity contribution in [1.29, 1.82) is 0 Å². The highest BCUT2D eigenvalue weighted by molar-refractivity contribution is 9.10. The smallest absolute Gasteiger partial charge is 0.136 e. The first-order valence-corrected chi connectivity index (χ1v) is 7.80. The number of aryl methyl sites for hydroxylation is 1. The van der Waals surface area contributed by atoms with Crippen molar-refractivity contribution in [2.45, 2.75) is 45.4 Å². The van der Waals surface area contributed by atoms with Crippen LogP contribution in [0.2, 0.25) is 0 Å². The molecule has 0 aliphatic heterocycles. The topological polar surface area (TPSA) is 61.1 Å². The summed E-state index contributed by atoms with van der Waals surface area (Å²) in [6.07, 6.45) is 0. The SMILES string of the molecule is Cc1cc(Br)c(N)c(C(C)N[S+]([O-])C(C)(C)C)c1. The minimum absolute atomic E-state index is 0.0544. The highest BCUT2D eigenvalue weighted by Gasteiger charge is 2.29. The summed E-state index contributed by atoms with van der Waals surface area (Å²) in [5.41, 5.74) is 8.85. The Kier molecular flexibility index (Phi) is 5.12. The molecule has 1 aromatic rings. The van der Waals surface area contributed by atoms with Gasteiger partial charge in [-0.25, -0.2) is 0 Å². The lowest BCUT2D eigenvalue weighted by Gasteiger charge is -2.27. The third-order valence-electron chi connectivity index (χ3n) is 2.61. The van der Waals surface area contributed by atoms with Crippen LogP contribution >= 0.6 is 15.9 Å². The summed E-state index contributed by atoms with van der Waals surface area (Å²) in [7, 11) is 0. The van der Waals surface area contributed by atoms with Gasteiger partial charge in [-0.1, -0.05) is 6.07 Å². The van der Waals surface area contributed by atoms with Crippen LogP contribution in [0, 0.1) is 6.92 Å². The van der Waals surface area contributed by atoms with Crippen molar-refractivity contribution < 1.29 is 4.55 Å². The van der Waals surface area contributed by atoms with E-state index in [1.165, 1.54) is 0 Å². The van der Waals surface area contributed by atoms with E-state index >= 15 is 0 Å². The Morgan fingerprint density at radius 1 is 1.39 bits per heavy atom. The normalized spacial score (nSPS) is 15.5. The highest BCUT2D eigenvalue weighted by Crippen LogP contribution is 2.30. The fourth-order valence-corrected chi connectivity index (χ4v) is 2.93. The molecule has 1 rings (SSSR count). The lowest BCUT2D eigenvalue weighted by Crippen LogP contribution is -2.40. The summed E-state index contributed by atoms with van der Waals surface area (Å²) in [6.45, 7) is 9.82. The van der Waals surface area contributed by atoms with Crippen molar-refractivity contribution >= 4 is 33.0 Å². The van der Waals surface area contributed by atoms with Gasteiger partial charge in [0.1, 0.15) is 4.75 Å². The highest BCUT2D eigenvalue weighted by atomic mass is 79.9. The average molecular weight is 333 g/mol. The number of anilines is 1. The van der Waals surface area contributed by atoms with Crippen LogP contribution < -0.4 is 10.5 Å². The van der Waals surface area contributed by atoms with Gasteiger partial charge in [-0.15, -0.1) is 4.72 Å². The first kappa shape index (κ1) is 15.8. The predicted octanol–water partition coefficient (Wildman–Crippen LogP) is 3.45. The van der Waals surface area contributed by atoms with E-state index in [1.54, 1.807) is 0 Å². The maximum atomic E-state index is 12.1. The summed E-state index contributed by atoms with van der Waals surface area (Å²) in [5.74, 6) is 0. The Morgan fingerprint density at radius 3 is 2.44 bits per heavy atom. The first-order valence-electron chi connectivity index (χ1n) is 5.86. The molecule has 0 fully saturated rings. The van der Waals surface area contributed by atoms with Crippen molar-refractivity contribution in [3.63, 3.8) is 0 Å². The fourth-order valence-electron chi connectivity index (χ4n) is 1.54. The van der Waals surface area contributed by atoms with Crippen LogP contribution in [0.3, 0.4) is 0 Å². The third-order valence-corrected chi connectivity index (χ3v) is 4.95. The number of nitrogen functional groups attached to an aromatic ring is 1. The molecule has 0 spiro atoms. The van der Waals surface area contributed by atoms with Gasteiger partial charge < -0.3 is 10.3 Å². The van der Waals surface area contributed by atoms with Crippen LogP contribution in [-0.4, -0.2) is 9.30 Å². The molecule has 0 saturated carbocycles. The molecule has 5 heteroatoms. The number of hydrogen-bond donors (Lipinski definition) is 2. The van der Waals surface area contributed by atoms with Crippen molar-refractivity contribution in [2.24, 2.45) is 0 Å². The second kappa shape index (κ2) is 5.82. The van der Waals surface area contributed by atoms with E-state index in [-0.39, 0.29) is 10.8 Å². The standard InChI is InChI=1S/C13H21BrN2OS/c1-8-6-10(12(15)11(14)7-8)9(2)16-18(17)13(3,4)5/h6-7,9,16H,15H2,1-5H3. The Bertz CT molecular complexity index is 432. The van der Waals surface area contributed by atoms with Gasteiger partial charge in [-0.2, -0.15) is 0 Å². The van der Waals surface area contributed by atoms with Crippen LogP contribution in [0.15, 0.2) is 16.6 Å². The molecular weight excluding hydrogens is 312 g/mol. The summed E-state index contributed by atoms with van der Waals surface area (Å²) in [6, 6.07) is 3.95. The number of nitrogens with two attached hydrogens (primary N) is 1. The van der Waals surface area contributed by atoms with Gasteiger partial charge in [0.25, 0.3) is 0 Å². The minimum Gasteiger partial charge on any atom is -0.598 e. The van der Waals surface area contributed by atoms with Gasteiger partial charge in [-0.3, -0.25) is 0 Å². The second-order valence-corrected chi connectivity index (χ2v) is 8.32. The van der Waals surface area contributed by atoms with Gasteiger partial charge in [0.15, 0.2) is 0 Å². The lowest BCUT2D eigenvalue weighted by atomic mass is 10.0. The Labute approximate surface area is 121 Å². The number of rotatable bonds is 3. The maximum Gasteiger partial charge on any atom is 0.136 e. The van der Waals surface area contributed by atoms with Crippen molar-refractivity contribution in [1.82, 2.24) is 4.72 Å². The van der Waals surface area contributed by atoms with Gasteiger partial charge in [0.2, 0.25) is 0 Å². The molecule has 0 radical (unpaired) electrons. The molecule has 1 aromatic carbocycles. The van der Waals surface area contributed by atoms with Gasteiger partial charge in [0.05, 0.1) is 11.7 Å². The largest absolute Gasteiger partial charge is 0.598 e. The van der Waals surface area contributed by atoms with Crippen molar-refractivity contribution in [3.05, 3.63) is 27.7 Å². The van der Waals surface area contributed by atoms with Crippen LogP contribution in [0.1, 0.15) is 44.9 Å². The molecule has 3 nitrogen and oxygen atoms in total.